The average Bonchev–Trinajstić information content (AvgIpc) is 2.85. The van der Waals surface area contributed by atoms with Crippen LogP contribution < -0.4 is 5.32 Å². The van der Waals surface area contributed by atoms with Gasteiger partial charge in [-0.2, -0.15) is 5.10 Å². The van der Waals surface area contributed by atoms with Crippen molar-refractivity contribution in [1.82, 2.24) is 15.2 Å². The molecule has 0 radical (unpaired) electrons. The number of hydrogen-bond acceptors (Lipinski definition) is 4. The Morgan fingerprint density at radius 2 is 2.17 bits per heavy atom. The van der Waals surface area contributed by atoms with Gasteiger partial charge in [0.1, 0.15) is 12.1 Å². The van der Waals surface area contributed by atoms with Crippen LogP contribution in [0.3, 0.4) is 0 Å². The van der Waals surface area contributed by atoms with Crippen LogP contribution in [-0.4, -0.2) is 32.2 Å². The SMILES string of the molecule is O=C(O)c1ccc(F)c(NC(=O)c2ncn[nH]2)c1. The van der Waals surface area contributed by atoms with Crippen molar-refractivity contribution in [3.05, 3.63) is 41.7 Å². The van der Waals surface area contributed by atoms with Crippen molar-refractivity contribution in [2.24, 2.45) is 0 Å². The number of halogens is 1. The number of amides is 1. The number of carbonyl (C=O) groups is 2. The summed E-state index contributed by atoms with van der Waals surface area (Å²) in [6, 6.07) is 3.08. The summed E-state index contributed by atoms with van der Waals surface area (Å²) in [7, 11) is 0. The Morgan fingerprint density at radius 3 is 2.78 bits per heavy atom. The minimum absolute atomic E-state index is 0.102. The van der Waals surface area contributed by atoms with Crippen LogP contribution in [0.25, 0.3) is 0 Å². The Kier molecular flexibility index (Phi) is 3.00. The lowest BCUT2D eigenvalue weighted by molar-refractivity contribution is 0.0696. The molecule has 18 heavy (non-hydrogen) atoms. The molecule has 92 valence electrons. The third-order valence-electron chi connectivity index (χ3n) is 2.09. The second-order valence-electron chi connectivity index (χ2n) is 3.29. The predicted octanol–water partition coefficient (Wildman–Crippen LogP) is 0.894. The normalized spacial score (nSPS) is 10.1. The predicted molar refractivity (Wildman–Crippen MR) is 57.7 cm³/mol. The highest BCUT2D eigenvalue weighted by Crippen LogP contribution is 2.16. The molecule has 0 aliphatic rings. The molecule has 1 amide bonds. The largest absolute Gasteiger partial charge is 0.478 e. The number of carbonyl (C=O) groups excluding carboxylic acids is 1. The van der Waals surface area contributed by atoms with E-state index in [1.165, 1.54) is 0 Å². The fraction of sp³-hybridized carbons (Fsp3) is 0. The third kappa shape index (κ3) is 2.32. The van der Waals surface area contributed by atoms with E-state index < -0.39 is 17.7 Å². The first kappa shape index (κ1) is 11.7. The summed E-state index contributed by atoms with van der Waals surface area (Å²) in [6.45, 7) is 0. The second-order valence-corrected chi connectivity index (χ2v) is 3.29. The molecule has 0 fully saturated rings. The van der Waals surface area contributed by atoms with Crippen molar-refractivity contribution >= 4 is 17.6 Å². The van der Waals surface area contributed by atoms with Crippen LogP contribution >= 0.6 is 0 Å². The van der Waals surface area contributed by atoms with E-state index in [2.05, 4.69) is 20.5 Å². The van der Waals surface area contributed by atoms with E-state index in [1.54, 1.807) is 0 Å². The molecule has 0 unspecified atom stereocenters. The van der Waals surface area contributed by atoms with E-state index in [4.69, 9.17) is 5.11 Å². The average molecular weight is 250 g/mol. The molecule has 0 atom stereocenters. The molecule has 3 N–H and O–H groups in total. The molecule has 0 aliphatic heterocycles. The Hall–Kier alpha value is -2.77. The quantitative estimate of drug-likeness (QED) is 0.749. The first-order valence-corrected chi connectivity index (χ1v) is 4.77. The number of aromatic amines is 1. The summed E-state index contributed by atoms with van der Waals surface area (Å²) in [5, 5.41) is 16.7. The fourth-order valence-corrected chi connectivity index (χ4v) is 1.25. The smallest absolute Gasteiger partial charge is 0.335 e. The summed E-state index contributed by atoms with van der Waals surface area (Å²) in [5.41, 5.74) is -0.374. The Bertz CT molecular complexity index is 597. The number of nitrogens with one attached hydrogen (secondary N) is 2. The summed E-state index contributed by atoms with van der Waals surface area (Å²) in [6.07, 6.45) is 1.12. The van der Waals surface area contributed by atoms with Gasteiger partial charge in [-0.3, -0.25) is 9.89 Å². The number of H-pyrrole nitrogens is 1. The molecule has 0 aliphatic carbocycles. The number of aromatic nitrogens is 3. The Labute approximate surface area is 99.7 Å². The maximum Gasteiger partial charge on any atom is 0.335 e. The third-order valence-corrected chi connectivity index (χ3v) is 2.09. The maximum absolute atomic E-state index is 13.4. The standard InChI is InChI=1S/C10H7FN4O3/c11-6-2-1-5(10(17)18)3-7(6)14-9(16)8-12-4-13-15-8/h1-4H,(H,14,16)(H,17,18)(H,12,13,15). The van der Waals surface area contributed by atoms with Gasteiger partial charge in [-0.1, -0.05) is 0 Å². The van der Waals surface area contributed by atoms with Gasteiger partial charge in [0.25, 0.3) is 5.91 Å². The zero-order valence-corrected chi connectivity index (χ0v) is 8.85. The van der Waals surface area contributed by atoms with Crippen molar-refractivity contribution in [2.45, 2.75) is 0 Å². The van der Waals surface area contributed by atoms with Gasteiger partial charge < -0.3 is 10.4 Å². The van der Waals surface area contributed by atoms with Crippen LogP contribution in [0.4, 0.5) is 10.1 Å². The highest BCUT2D eigenvalue weighted by molar-refractivity contribution is 6.02. The highest BCUT2D eigenvalue weighted by Gasteiger charge is 2.13. The molecule has 2 aromatic rings. The van der Waals surface area contributed by atoms with Crippen LogP contribution in [0.2, 0.25) is 0 Å². The first-order chi connectivity index (χ1) is 8.58. The summed E-state index contributed by atoms with van der Waals surface area (Å²) >= 11 is 0. The van der Waals surface area contributed by atoms with Crippen molar-refractivity contribution < 1.29 is 19.1 Å². The van der Waals surface area contributed by atoms with Crippen LogP contribution in [0, 0.1) is 5.82 Å². The monoisotopic (exact) mass is 250 g/mol. The first-order valence-electron chi connectivity index (χ1n) is 4.77. The lowest BCUT2D eigenvalue weighted by atomic mass is 10.2. The van der Waals surface area contributed by atoms with Gasteiger partial charge in [0.2, 0.25) is 5.82 Å². The van der Waals surface area contributed by atoms with Gasteiger partial charge in [-0.25, -0.2) is 14.2 Å². The highest BCUT2D eigenvalue weighted by atomic mass is 19.1. The van der Waals surface area contributed by atoms with Crippen molar-refractivity contribution in [3.63, 3.8) is 0 Å². The van der Waals surface area contributed by atoms with Crippen molar-refractivity contribution in [1.29, 1.82) is 0 Å². The number of hydrogen-bond donors (Lipinski definition) is 3. The van der Waals surface area contributed by atoms with Crippen LogP contribution in [0.5, 0.6) is 0 Å². The van der Waals surface area contributed by atoms with E-state index in [0.717, 1.165) is 24.5 Å². The number of aromatic carboxylic acids is 1. The molecule has 1 heterocycles. The molecule has 2 rings (SSSR count). The molecule has 1 aromatic carbocycles. The number of benzene rings is 1. The molecule has 0 spiro atoms. The summed E-state index contributed by atoms with van der Waals surface area (Å²) < 4.78 is 13.4. The molecule has 8 heteroatoms. The molecule has 0 saturated carbocycles. The second kappa shape index (κ2) is 4.62. The Balaban J connectivity index is 2.26. The van der Waals surface area contributed by atoms with Crippen LogP contribution in [0.15, 0.2) is 24.5 Å². The molecule has 7 nitrogen and oxygen atoms in total. The molecular weight excluding hydrogens is 243 g/mol. The van der Waals surface area contributed by atoms with Crippen LogP contribution in [0.1, 0.15) is 21.0 Å². The zero-order chi connectivity index (χ0) is 13.1. The van der Waals surface area contributed by atoms with Gasteiger partial charge >= 0.3 is 5.97 Å². The van der Waals surface area contributed by atoms with E-state index in [0.29, 0.717) is 0 Å². The van der Waals surface area contributed by atoms with Gasteiger partial charge in [0.05, 0.1) is 11.3 Å². The van der Waals surface area contributed by atoms with Crippen molar-refractivity contribution in [2.75, 3.05) is 5.32 Å². The number of rotatable bonds is 3. The van der Waals surface area contributed by atoms with Gasteiger partial charge in [-0.15, -0.1) is 0 Å². The fourth-order valence-electron chi connectivity index (χ4n) is 1.25. The van der Waals surface area contributed by atoms with Gasteiger partial charge in [0.15, 0.2) is 0 Å². The topological polar surface area (TPSA) is 108 Å². The van der Waals surface area contributed by atoms with Gasteiger partial charge in [-0.05, 0) is 18.2 Å². The van der Waals surface area contributed by atoms with E-state index in [-0.39, 0.29) is 17.1 Å². The number of carboxylic acid groups (broad SMARTS) is 1. The molecular formula is C10H7FN4O3. The zero-order valence-electron chi connectivity index (χ0n) is 8.85. The number of anilines is 1. The Morgan fingerprint density at radius 1 is 1.39 bits per heavy atom. The van der Waals surface area contributed by atoms with E-state index in [9.17, 15) is 14.0 Å². The van der Waals surface area contributed by atoms with Gasteiger partial charge in [0, 0.05) is 0 Å². The lowest BCUT2D eigenvalue weighted by Gasteiger charge is -2.05. The lowest BCUT2D eigenvalue weighted by Crippen LogP contribution is -2.15. The van der Waals surface area contributed by atoms with Crippen LogP contribution in [-0.2, 0) is 0 Å². The van der Waals surface area contributed by atoms with Crippen molar-refractivity contribution in [3.8, 4) is 0 Å². The summed E-state index contributed by atoms with van der Waals surface area (Å²) in [5.74, 6) is -2.78. The minimum atomic E-state index is -1.22. The molecule has 0 bridgehead atoms. The molecule has 1 aromatic heterocycles. The minimum Gasteiger partial charge on any atom is -0.478 e. The van der Waals surface area contributed by atoms with E-state index in [1.807, 2.05) is 0 Å². The molecule has 0 saturated heterocycles. The number of carboxylic acids is 1. The van der Waals surface area contributed by atoms with E-state index >= 15 is 0 Å². The summed E-state index contributed by atoms with van der Waals surface area (Å²) in [4.78, 5) is 25.8. The maximum atomic E-state index is 13.4. The number of nitrogens with zero attached hydrogens (tertiary/aromatic N) is 2.